The van der Waals surface area contributed by atoms with Crippen LogP contribution in [0.4, 0.5) is 0 Å². The van der Waals surface area contributed by atoms with E-state index in [9.17, 15) is 13.2 Å². The second-order valence-electron chi connectivity index (χ2n) is 5.56. The molecule has 0 fully saturated rings. The van der Waals surface area contributed by atoms with Gasteiger partial charge in [0.2, 0.25) is 10.0 Å². The molecule has 0 saturated heterocycles. The van der Waals surface area contributed by atoms with Crippen LogP contribution >= 0.6 is 0 Å². The highest BCUT2D eigenvalue weighted by Gasteiger charge is 2.34. The predicted octanol–water partition coefficient (Wildman–Crippen LogP) is 2.63. The molecule has 6 nitrogen and oxygen atoms in total. The van der Waals surface area contributed by atoms with Crippen molar-refractivity contribution in [1.82, 2.24) is 8.87 Å². The van der Waals surface area contributed by atoms with Gasteiger partial charge < -0.3 is 9.30 Å². The van der Waals surface area contributed by atoms with Crippen LogP contribution in [-0.4, -0.2) is 43.0 Å². The van der Waals surface area contributed by atoms with Crippen molar-refractivity contribution >= 4 is 16.0 Å². The van der Waals surface area contributed by atoms with E-state index in [0.717, 1.165) is 12.8 Å². The number of hydrogen-bond acceptors (Lipinski definition) is 4. The highest BCUT2D eigenvalue weighted by atomic mass is 32.2. The summed E-state index contributed by atoms with van der Waals surface area (Å²) in [6.45, 7) is 10.1. The fourth-order valence-corrected chi connectivity index (χ4v) is 4.76. The number of carbonyl (C=O) groups is 1. The fraction of sp³-hybridized carbons (Fsp3) is 0.688. The van der Waals surface area contributed by atoms with Crippen LogP contribution < -0.4 is 0 Å². The molecule has 1 heterocycles. The van der Waals surface area contributed by atoms with Gasteiger partial charge in [-0.2, -0.15) is 4.31 Å². The van der Waals surface area contributed by atoms with E-state index in [1.54, 1.807) is 32.4 Å². The number of rotatable bonds is 8. The van der Waals surface area contributed by atoms with Crippen LogP contribution in [0.2, 0.25) is 0 Å². The van der Waals surface area contributed by atoms with Gasteiger partial charge in [-0.15, -0.1) is 0 Å². The number of aromatic nitrogens is 1. The summed E-state index contributed by atoms with van der Waals surface area (Å²) in [5.41, 5.74) is 1.32. The van der Waals surface area contributed by atoms with E-state index in [2.05, 4.69) is 0 Å². The Bertz CT molecular complexity index is 656. The summed E-state index contributed by atoms with van der Waals surface area (Å²) in [5, 5.41) is 0. The summed E-state index contributed by atoms with van der Waals surface area (Å²) in [7, 11) is -1.98. The third kappa shape index (κ3) is 3.77. The van der Waals surface area contributed by atoms with Crippen LogP contribution in [-0.2, 0) is 21.8 Å². The molecule has 0 spiro atoms. The molecular formula is C16H28N2O4S. The lowest BCUT2D eigenvalue weighted by atomic mass is 10.2. The van der Waals surface area contributed by atoms with Crippen molar-refractivity contribution in [3.8, 4) is 0 Å². The summed E-state index contributed by atoms with van der Waals surface area (Å²) in [6, 6.07) is 0. The van der Waals surface area contributed by atoms with Gasteiger partial charge in [-0.05, 0) is 33.6 Å². The van der Waals surface area contributed by atoms with Crippen molar-refractivity contribution in [2.24, 2.45) is 7.05 Å². The number of nitrogens with zero attached hydrogens (tertiary/aromatic N) is 2. The lowest BCUT2D eigenvalue weighted by molar-refractivity contribution is 0.0521. The molecule has 0 aromatic carbocycles. The number of carbonyl (C=O) groups excluding carboxylic acids is 1. The number of sulfonamides is 1. The maximum atomic E-state index is 13.1. The van der Waals surface area contributed by atoms with E-state index in [1.165, 1.54) is 4.31 Å². The normalized spacial score (nSPS) is 12.0. The van der Waals surface area contributed by atoms with E-state index in [0.29, 0.717) is 24.5 Å². The van der Waals surface area contributed by atoms with Crippen molar-refractivity contribution in [2.45, 2.75) is 52.4 Å². The Morgan fingerprint density at radius 2 is 1.61 bits per heavy atom. The highest BCUT2D eigenvalue weighted by molar-refractivity contribution is 7.89. The molecule has 1 aromatic heterocycles. The van der Waals surface area contributed by atoms with Gasteiger partial charge in [-0.1, -0.05) is 13.8 Å². The molecular weight excluding hydrogens is 316 g/mol. The maximum absolute atomic E-state index is 13.1. The zero-order chi connectivity index (χ0) is 17.8. The van der Waals surface area contributed by atoms with Crippen molar-refractivity contribution in [1.29, 1.82) is 0 Å². The zero-order valence-corrected chi connectivity index (χ0v) is 15.8. The largest absolute Gasteiger partial charge is 0.462 e. The Hall–Kier alpha value is -1.34. The smallest absolute Gasteiger partial charge is 0.341 e. The molecule has 0 amide bonds. The standard InChI is InChI=1S/C16H28N2O4S/c1-7-10-18(11-8-2)23(20,21)15-13(5)17(6)12(4)14(15)16(19)22-9-3/h7-11H2,1-6H3. The first-order valence-electron chi connectivity index (χ1n) is 8.07. The van der Waals surface area contributed by atoms with Crippen LogP contribution in [0.15, 0.2) is 4.90 Å². The summed E-state index contributed by atoms with van der Waals surface area (Å²) in [5.74, 6) is -0.583. The molecule has 0 saturated carbocycles. The number of hydrogen-bond donors (Lipinski definition) is 0. The molecule has 0 radical (unpaired) electrons. The second kappa shape index (κ2) is 7.97. The molecule has 0 unspecified atom stereocenters. The Kier molecular flexibility index (Phi) is 6.83. The molecule has 0 aliphatic carbocycles. The van der Waals surface area contributed by atoms with E-state index >= 15 is 0 Å². The lowest BCUT2D eigenvalue weighted by Gasteiger charge is -2.21. The third-order valence-electron chi connectivity index (χ3n) is 3.95. The molecule has 1 aromatic rings. The quantitative estimate of drug-likeness (QED) is 0.680. The molecule has 0 atom stereocenters. The first kappa shape index (κ1) is 19.7. The molecule has 0 aliphatic rings. The summed E-state index contributed by atoms with van der Waals surface area (Å²) < 4.78 is 34.5. The van der Waals surface area contributed by atoms with Crippen molar-refractivity contribution < 1.29 is 17.9 Å². The van der Waals surface area contributed by atoms with Gasteiger partial charge in [0.25, 0.3) is 0 Å². The van der Waals surface area contributed by atoms with Gasteiger partial charge in [0.15, 0.2) is 0 Å². The van der Waals surface area contributed by atoms with E-state index in [1.807, 2.05) is 13.8 Å². The molecule has 23 heavy (non-hydrogen) atoms. The van der Waals surface area contributed by atoms with Crippen molar-refractivity contribution in [3.05, 3.63) is 17.0 Å². The number of esters is 1. The molecule has 1 rings (SSSR count). The summed E-state index contributed by atoms with van der Waals surface area (Å²) in [4.78, 5) is 12.4. The monoisotopic (exact) mass is 344 g/mol. The van der Waals surface area contributed by atoms with E-state index in [-0.39, 0.29) is 17.1 Å². The van der Waals surface area contributed by atoms with Crippen LogP contribution in [0.25, 0.3) is 0 Å². The molecule has 0 N–H and O–H groups in total. The van der Waals surface area contributed by atoms with Crippen LogP contribution in [0.3, 0.4) is 0 Å². The van der Waals surface area contributed by atoms with E-state index < -0.39 is 16.0 Å². The van der Waals surface area contributed by atoms with Crippen LogP contribution in [0.1, 0.15) is 55.4 Å². The van der Waals surface area contributed by atoms with Gasteiger partial charge in [0, 0.05) is 31.5 Å². The first-order chi connectivity index (χ1) is 10.7. The average molecular weight is 344 g/mol. The predicted molar refractivity (Wildman–Crippen MR) is 90.2 cm³/mol. The number of ether oxygens (including phenoxy) is 1. The zero-order valence-electron chi connectivity index (χ0n) is 15.0. The Morgan fingerprint density at radius 3 is 2.04 bits per heavy atom. The molecule has 132 valence electrons. The minimum absolute atomic E-state index is 0.0813. The lowest BCUT2D eigenvalue weighted by Crippen LogP contribution is -2.33. The maximum Gasteiger partial charge on any atom is 0.341 e. The van der Waals surface area contributed by atoms with Gasteiger partial charge in [0.05, 0.1) is 6.61 Å². The SMILES string of the molecule is CCCN(CCC)S(=O)(=O)c1c(C(=O)OCC)c(C)n(C)c1C. The highest BCUT2D eigenvalue weighted by Crippen LogP contribution is 2.29. The molecule has 0 bridgehead atoms. The average Bonchev–Trinajstić information content (AvgIpc) is 2.72. The van der Waals surface area contributed by atoms with Gasteiger partial charge >= 0.3 is 5.97 Å². The fourth-order valence-electron chi connectivity index (χ4n) is 2.66. The minimum Gasteiger partial charge on any atom is -0.462 e. The first-order valence-corrected chi connectivity index (χ1v) is 9.51. The summed E-state index contributed by atoms with van der Waals surface area (Å²) >= 11 is 0. The Balaban J connectivity index is 3.57. The van der Waals surface area contributed by atoms with Crippen molar-refractivity contribution in [3.63, 3.8) is 0 Å². The molecule has 7 heteroatoms. The van der Waals surface area contributed by atoms with Gasteiger partial charge in [-0.3, -0.25) is 0 Å². The van der Waals surface area contributed by atoms with Gasteiger partial charge in [0.1, 0.15) is 10.5 Å². The minimum atomic E-state index is -3.74. The van der Waals surface area contributed by atoms with E-state index in [4.69, 9.17) is 4.74 Å². The Morgan fingerprint density at radius 1 is 1.09 bits per heavy atom. The topological polar surface area (TPSA) is 68.6 Å². The van der Waals surface area contributed by atoms with Gasteiger partial charge in [-0.25, -0.2) is 13.2 Å². The third-order valence-corrected chi connectivity index (χ3v) is 6.01. The van der Waals surface area contributed by atoms with Crippen LogP contribution in [0.5, 0.6) is 0 Å². The van der Waals surface area contributed by atoms with Crippen molar-refractivity contribution in [2.75, 3.05) is 19.7 Å². The molecule has 0 aliphatic heterocycles. The Labute approximate surface area is 139 Å². The summed E-state index contributed by atoms with van der Waals surface area (Å²) in [6.07, 6.45) is 1.44. The van der Waals surface area contributed by atoms with Crippen LogP contribution in [0, 0.1) is 13.8 Å². The second-order valence-corrected chi connectivity index (χ2v) is 7.43.